The molecular formula is C36H41N3O3S. The van der Waals surface area contributed by atoms with Crippen LogP contribution < -0.4 is 9.47 Å². The Balaban J connectivity index is 1.55. The topological polar surface area (TPSA) is 69.4 Å². The Labute approximate surface area is 259 Å². The fourth-order valence-electron chi connectivity index (χ4n) is 5.03. The number of ether oxygens (including phenoxy) is 2. The average molecular weight is 596 g/mol. The molecule has 0 radical (unpaired) electrons. The minimum Gasteiger partial charge on any atom is -0.487 e. The number of rotatable bonds is 11. The zero-order chi connectivity index (χ0) is 30.6. The first-order valence-electron chi connectivity index (χ1n) is 14.6. The van der Waals surface area contributed by atoms with Crippen LogP contribution in [0.15, 0.2) is 90.1 Å². The highest BCUT2D eigenvalue weighted by Gasteiger charge is 2.28. The molecule has 0 saturated heterocycles. The molecule has 6 nitrogen and oxygen atoms in total. The molecule has 0 aliphatic heterocycles. The van der Waals surface area contributed by atoms with Gasteiger partial charge in [0.2, 0.25) is 5.88 Å². The molecule has 3 heterocycles. The summed E-state index contributed by atoms with van der Waals surface area (Å²) >= 11 is 1.88. The first-order valence-corrected chi connectivity index (χ1v) is 15.4. The molecule has 0 unspecified atom stereocenters. The molecule has 0 atom stereocenters. The first-order chi connectivity index (χ1) is 20.5. The van der Waals surface area contributed by atoms with Crippen LogP contribution in [0.5, 0.6) is 11.6 Å². The molecule has 3 aromatic heterocycles. The number of nitrogens with zero attached hydrogens (tertiary/aromatic N) is 3. The van der Waals surface area contributed by atoms with E-state index in [4.69, 9.17) is 9.47 Å². The second kappa shape index (κ2) is 12.8. The lowest BCUT2D eigenvalue weighted by Crippen LogP contribution is -2.22. The standard InChI is InChI=1S/C36H41N3O3S/c1-35(2,3)43-34-30-19-29(42-23-28-9-7-8-18-37-28)15-16-31(30)39(32(34)20-36(4,5)24-40)22-25-10-12-26(13-11-25)27-14-17-33(41-6)38-21-27/h7-19,21,40H,20,22-24H2,1-6H3. The Morgan fingerprint density at radius 2 is 1.65 bits per heavy atom. The Bertz CT molecular complexity index is 1660. The summed E-state index contributed by atoms with van der Waals surface area (Å²) in [5.41, 5.74) is 6.37. The molecule has 0 amide bonds. The fourth-order valence-corrected chi connectivity index (χ4v) is 6.21. The highest BCUT2D eigenvalue weighted by atomic mass is 32.2. The summed E-state index contributed by atoms with van der Waals surface area (Å²) in [6.45, 7) is 12.2. The Morgan fingerprint density at radius 3 is 2.28 bits per heavy atom. The van der Waals surface area contributed by atoms with Crippen molar-refractivity contribution in [1.29, 1.82) is 0 Å². The van der Waals surface area contributed by atoms with Crippen molar-refractivity contribution < 1.29 is 14.6 Å². The van der Waals surface area contributed by atoms with E-state index in [1.165, 1.54) is 21.5 Å². The Kier molecular flexibility index (Phi) is 9.13. The Hall–Kier alpha value is -3.81. The maximum absolute atomic E-state index is 10.3. The smallest absolute Gasteiger partial charge is 0.212 e. The number of aliphatic hydroxyl groups is 1. The highest BCUT2D eigenvalue weighted by Crippen LogP contribution is 2.44. The van der Waals surface area contributed by atoms with Crippen LogP contribution in [-0.2, 0) is 19.6 Å². The summed E-state index contributed by atoms with van der Waals surface area (Å²) in [5.74, 6) is 1.42. The van der Waals surface area contributed by atoms with Crippen LogP contribution in [0.4, 0.5) is 0 Å². The van der Waals surface area contributed by atoms with E-state index in [-0.39, 0.29) is 16.8 Å². The fraction of sp³-hybridized carbons (Fsp3) is 0.333. The monoisotopic (exact) mass is 595 g/mol. The molecule has 0 aliphatic carbocycles. The quantitative estimate of drug-likeness (QED) is 0.155. The summed E-state index contributed by atoms with van der Waals surface area (Å²) < 4.78 is 13.8. The van der Waals surface area contributed by atoms with Crippen LogP contribution in [0.2, 0.25) is 0 Å². The molecule has 224 valence electrons. The number of fused-ring (bicyclic) bond motifs is 1. The van der Waals surface area contributed by atoms with Crippen LogP contribution >= 0.6 is 11.8 Å². The summed E-state index contributed by atoms with van der Waals surface area (Å²) in [7, 11) is 1.62. The summed E-state index contributed by atoms with van der Waals surface area (Å²) in [6.07, 6.45) is 4.37. The van der Waals surface area contributed by atoms with E-state index in [9.17, 15) is 5.11 Å². The van der Waals surface area contributed by atoms with E-state index in [1.54, 1.807) is 13.3 Å². The van der Waals surface area contributed by atoms with Crippen LogP contribution in [0.25, 0.3) is 22.0 Å². The molecule has 0 aliphatic rings. The lowest BCUT2D eigenvalue weighted by molar-refractivity contribution is 0.157. The average Bonchev–Trinajstić information content (AvgIpc) is 3.26. The van der Waals surface area contributed by atoms with Crippen molar-refractivity contribution in [2.45, 2.75) is 63.8 Å². The molecule has 0 bridgehead atoms. The number of benzene rings is 2. The van der Waals surface area contributed by atoms with Crippen LogP contribution in [0, 0.1) is 5.41 Å². The molecule has 0 saturated carbocycles. The van der Waals surface area contributed by atoms with Crippen molar-refractivity contribution >= 4 is 22.7 Å². The predicted octanol–water partition coefficient (Wildman–Crippen LogP) is 8.19. The summed E-state index contributed by atoms with van der Waals surface area (Å²) in [4.78, 5) is 10.0. The van der Waals surface area contributed by atoms with Crippen molar-refractivity contribution in [3.63, 3.8) is 0 Å². The molecule has 7 heteroatoms. The number of thioether (sulfide) groups is 1. The molecule has 0 fully saturated rings. The van der Waals surface area contributed by atoms with Gasteiger partial charge in [0.15, 0.2) is 0 Å². The van der Waals surface area contributed by atoms with Gasteiger partial charge in [0.25, 0.3) is 0 Å². The minimum atomic E-state index is -0.275. The maximum Gasteiger partial charge on any atom is 0.212 e. The van der Waals surface area contributed by atoms with Gasteiger partial charge in [-0.05, 0) is 59.4 Å². The van der Waals surface area contributed by atoms with Gasteiger partial charge in [-0.25, -0.2) is 4.98 Å². The normalized spacial score (nSPS) is 12.1. The highest BCUT2D eigenvalue weighted by molar-refractivity contribution is 8.00. The molecular weight excluding hydrogens is 554 g/mol. The third-order valence-electron chi connectivity index (χ3n) is 7.26. The van der Waals surface area contributed by atoms with Gasteiger partial charge in [-0.2, -0.15) is 0 Å². The lowest BCUT2D eigenvalue weighted by atomic mass is 9.89. The third kappa shape index (κ3) is 7.59. The zero-order valence-electron chi connectivity index (χ0n) is 25.9. The second-order valence-corrected chi connectivity index (χ2v) is 14.5. The molecule has 5 aromatic rings. The van der Waals surface area contributed by atoms with Gasteiger partial charge < -0.3 is 19.1 Å². The number of methoxy groups -OCH3 is 1. The van der Waals surface area contributed by atoms with Crippen LogP contribution in [-0.4, -0.2) is 38.1 Å². The number of aromatic nitrogens is 3. The number of pyridine rings is 2. The van der Waals surface area contributed by atoms with E-state index in [1.807, 2.05) is 54.4 Å². The van der Waals surface area contributed by atoms with Gasteiger partial charge in [0.1, 0.15) is 12.4 Å². The van der Waals surface area contributed by atoms with E-state index < -0.39 is 0 Å². The number of aliphatic hydroxyl groups excluding tert-OH is 1. The van der Waals surface area contributed by atoms with E-state index >= 15 is 0 Å². The van der Waals surface area contributed by atoms with Crippen LogP contribution in [0.1, 0.15) is 51.6 Å². The van der Waals surface area contributed by atoms with E-state index in [0.717, 1.165) is 34.5 Å². The van der Waals surface area contributed by atoms with Gasteiger partial charge in [-0.3, -0.25) is 4.98 Å². The number of hydrogen-bond donors (Lipinski definition) is 1. The van der Waals surface area contributed by atoms with E-state index in [2.05, 4.69) is 85.6 Å². The summed E-state index contributed by atoms with van der Waals surface area (Å²) in [5, 5.41) is 11.4. The molecule has 5 rings (SSSR count). The minimum absolute atomic E-state index is 0.00388. The van der Waals surface area contributed by atoms with Gasteiger partial charge >= 0.3 is 0 Å². The zero-order valence-corrected chi connectivity index (χ0v) is 26.7. The van der Waals surface area contributed by atoms with Crippen molar-refractivity contribution in [3.05, 3.63) is 102 Å². The maximum atomic E-state index is 10.3. The Morgan fingerprint density at radius 1 is 0.884 bits per heavy atom. The van der Waals surface area contributed by atoms with Gasteiger partial charge in [-0.15, -0.1) is 11.8 Å². The van der Waals surface area contributed by atoms with Gasteiger partial charge in [-0.1, -0.05) is 65.0 Å². The van der Waals surface area contributed by atoms with Crippen molar-refractivity contribution in [2.75, 3.05) is 13.7 Å². The second-order valence-electron chi connectivity index (χ2n) is 12.7. The third-order valence-corrected chi connectivity index (χ3v) is 8.53. The van der Waals surface area contributed by atoms with E-state index in [0.29, 0.717) is 19.0 Å². The summed E-state index contributed by atoms with van der Waals surface area (Å²) in [6, 6.07) is 24.8. The van der Waals surface area contributed by atoms with Crippen molar-refractivity contribution in [2.24, 2.45) is 5.41 Å². The first kappa shape index (κ1) is 30.6. The van der Waals surface area contributed by atoms with Crippen molar-refractivity contribution in [1.82, 2.24) is 14.5 Å². The molecule has 2 aromatic carbocycles. The van der Waals surface area contributed by atoms with Gasteiger partial charge in [0, 0.05) is 63.4 Å². The molecule has 43 heavy (non-hydrogen) atoms. The molecule has 0 spiro atoms. The molecule has 1 N–H and O–H groups in total. The van der Waals surface area contributed by atoms with Crippen molar-refractivity contribution in [3.8, 4) is 22.8 Å². The number of hydrogen-bond acceptors (Lipinski definition) is 6. The van der Waals surface area contributed by atoms with Crippen LogP contribution in [0.3, 0.4) is 0 Å². The predicted molar refractivity (Wildman–Crippen MR) is 176 cm³/mol. The largest absolute Gasteiger partial charge is 0.487 e. The SMILES string of the molecule is COc1ccc(-c2ccc(Cn3c(CC(C)(C)CO)c(SC(C)(C)C)c4cc(OCc5ccccn5)ccc43)cc2)cn1. The van der Waals surface area contributed by atoms with Gasteiger partial charge in [0.05, 0.1) is 12.8 Å². The lowest BCUT2D eigenvalue weighted by Gasteiger charge is -2.25.